The fourth-order valence-electron chi connectivity index (χ4n) is 3.58. The molecule has 5 rings (SSSR count). The molecule has 4 aromatic rings. The molecule has 0 saturated carbocycles. The normalized spacial score (nSPS) is 16.0. The second-order valence-corrected chi connectivity index (χ2v) is 8.29. The van der Waals surface area contributed by atoms with Crippen LogP contribution in [0.2, 0.25) is 5.02 Å². The number of benzene rings is 1. The first-order valence-corrected chi connectivity index (χ1v) is 10.1. The van der Waals surface area contributed by atoms with Crippen molar-refractivity contribution in [2.24, 2.45) is 5.92 Å². The zero-order chi connectivity index (χ0) is 17.7. The molecule has 7 heteroatoms. The quantitative estimate of drug-likeness (QED) is 0.494. The van der Waals surface area contributed by atoms with Crippen LogP contribution in [0.4, 0.5) is 5.95 Å². The molecule has 5 nitrogen and oxygen atoms in total. The molecule has 1 saturated heterocycles. The molecule has 132 valence electrons. The molecular weight excluding hydrogens is 366 g/mol. The molecule has 1 aliphatic rings. The lowest BCUT2D eigenvalue weighted by Gasteiger charge is -2.31. The summed E-state index contributed by atoms with van der Waals surface area (Å²) in [6.45, 7) is 4.31. The molecular formula is C19H18ClN5S. The van der Waals surface area contributed by atoms with E-state index < -0.39 is 0 Å². The van der Waals surface area contributed by atoms with E-state index in [9.17, 15) is 0 Å². The van der Waals surface area contributed by atoms with Gasteiger partial charge in [0.2, 0.25) is 5.95 Å². The van der Waals surface area contributed by atoms with Crippen molar-refractivity contribution in [1.82, 2.24) is 19.6 Å². The summed E-state index contributed by atoms with van der Waals surface area (Å²) in [5.41, 5.74) is 1.70. The van der Waals surface area contributed by atoms with Gasteiger partial charge in [0, 0.05) is 23.5 Å². The number of halogens is 1. The molecule has 1 fully saturated rings. The molecule has 0 unspecified atom stereocenters. The van der Waals surface area contributed by atoms with Gasteiger partial charge in [-0.15, -0.1) is 21.5 Å². The first-order valence-electron chi connectivity index (χ1n) is 8.84. The average Bonchev–Trinajstić information content (AvgIpc) is 3.31. The van der Waals surface area contributed by atoms with Crippen molar-refractivity contribution in [3.05, 3.63) is 40.7 Å². The van der Waals surface area contributed by atoms with E-state index in [2.05, 4.69) is 37.9 Å². The highest BCUT2D eigenvalue weighted by atomic mass is 35.5. The van der Waals surface area contributed by atoms with Crippen molar-refractivity contribution in [1.29, 1.82) is 0 Å². The minimum Gasteiger partial charge on any atom is -0.342 e. The number of fused-ring (bicyclic) bond motifs is 3. The molecule has 0 N–H and O–H groups in total. The lowest BCUT2D eigenvalue weighted by atomic mass is 10.00. The number of nitrogens with zero attached hydrogens (tertiary/aromatic N) is 5. The van der Waals surface area contributed by atoms with E-state index in [-0.39, 0.29) is 0 Å². The predicted molar refractivity (Wildman–Crippen MR) is 107 cm³/mol. The Bertz CT molecular complexity index is 1080. The molecule has 3 aromatic heterocycles. The van der Waals surface area contributed by atoms with Gasteiger partial charge in [0.15, 0.2) is 11.5 Å². The van der Waals surface area contributed by atoms with Crippen LogP contribution in [0.5, 0.6) is 0 Å². The molecule has 0 bridgehead atoms. The Morgan fingerprint density at radius 2 is 2.00 bits per heavy atom. The van der Waals surface area contributed by atoms with Gasteiger partial charge in [-0.3, -0.25) is 0 Å². The molecule has 26 heavy (non-hydrogen) atoms. The van der Waals surface area contributed by atoms with E-state index >= 15 is 0 Å². The first kappa shape index (κ1) is 16.0. The Labute approximate surface area is 160 Å². The fraction of sp³-hybridized carbons (Fsp3) is 0.316. The maximum atomic E-state index is 6.22. The van der Waals surface area contributed by atoms with Gasteiger partial charge in [-0.2, -0.15) is 0 Å². The lowest BCUT2D eigenvalue weighted by molar-refractivity contribution is 0.434. The van der Waals surface area contributed by atoms with Crippen molar-refractivity contribution in [2.75, 3.05) is 18.0 Å². The molecule has 0 spiro atoms. The SMILES string of the molecule is CC1CCN(c2nc3cc(Cl)ccc3c3nnc(-c4cccs4)n23)CC1. The highest BCUT2D eigenvalue weighted by Gasteiger charge is 2.23. The largest absolute Gasteiger partial charge is 0.342 e. The van der Waals surface area contributed by atoms with Crippen LogP contribution < -0.4 is 4.90 Å². The molecule has 0 radical (unpaired) electrons. The number of aromatic nitrogens is 4. The van der Waals surface area contributed by atoms with Crippen LogP contribution in [-0.2, 0) is 0 Å². The summed E-state index contributed by atoms with van der Waals surface area (Å²) in [4.78, 5) is 8.44. The van der Waals surface area contributed by atoms with Gasteiger partial charge in [-0.25, -0.2) is 9.38 Å². The monoisotopic (exact) mass is 383 g/mol. The molecule has 4 heterocycles. The number of rotatable bonds is 2. The zero-order valence-electron chi connectivity index (χ0n) is 14.4. The van der Waals surface area contributed by atoms with Gasteiger partial charge in [0.25, 0.3) is 0 Å². The van der Waals surface area contributed by atoms with Crippen LogP contribution >= 0.6 is 22.9 Å². The topological polar surface area (TPSA) is 46.3 Å². The van der Waals surface area contributed by atoms with Crippen LogP contribution in [0.15, 0.2) is 35.7 Å². The summed E-state index contributed by atoms with van der Waals surface area (Å²) in [6.07, 6.45) is 2.35. The highest BCUT2D eigenvalue weighted by Crippen LogP contribution is 2.32. The van der Waals surface area contributed by atoms with E-state index in [4.69, 9.17) is 16.6 Å². The maximum Gasteiger partial charge on any atom is 0.213 e. The van der Waals surface area contributed by atoms with Gasteiger partial charge in [-0.05, 0) is 48.4 Å². The summed E-state index contributed by atoms with van der Waals surface area (Å²) in [5.74, 6) is 2.53. The smallest absolute Gasteiger partial charge is 0.213 e. The molecule has 0 atom stereocenters. The standard InChI is InChI=1S/C19H18ClN5S/c1-12-6-8-24(9-7-12)19-21-15-11-13(20)4-5-14(15)17-22-23-18(25(17)19)16-3-2-10-26-16/h2-5,10-12H,6-9H2,1H3. The van der Waals surface area contributed by atoms with Crippen molar-refractivity contribution in [3.63, 3.8) is 0 Å². The van der Waals surface area contributed by atoms with Gasteiger partial charge >= 0.3 is 0 Å². The Hall–Kier alpha value is -2.18. The second-order valence-electron chi connectivity index (χ2n) is 6.90. The van der Waals surface area contributed by atoms with Crippen molar-refractivity contribution >= 4 is 45.4 Å². The average molecular weight is 384 g/mol. The second kappa shape index (κ2) is 6.21. The van der Waals surface area contributed by atoms with Crippen LogP contribution in [0.25, 0.3) is 27.3 Å². The first-order chi connectivity index (χ1) is 12.7. The van der Waals surface area contributed by atoms with Crippen LogP contribution in [0, 0.1) is 5.92 Å². The van der Waals surface area contributed by atoms with E-state index in [0.29, 0.717) is 5.02 Å². The number of hydrogen-bond donors (Lipinski definition) is 0. The fourth-order valence-corrected chi connectivity index (χ4v) is 4.44. The molecule has 0 amide bonds. The number of piperidine rings is 1. The summed E-state index contributed by atoms with van der Waals surface area (Å²) in [7, 11) is 0. The Kier molecular flexibility index (Phi) is 3.83. The third kappa shape index (κ3) is 2.56. The number of hydrogen-bond acceptors (Lipinski definition) is 5. The Balaban J connectivity index is 1.80. The van der Waals surface area contributed by atoms with Crippen molar-refractivity contribution in [3.8, 4) is 10.7 Å². The van der Waals surface area contributed by atoms with Crippen LogP contribution in [-0.4, -0.2) is 32.7 Å². The van der Waals surface area contributed by atoms with Gasteiger partial charge in [0.1, 0.15) is 0 Å². The van der Waals surface area contributed by atoms with Crippen molar-refractivity contribution in [2.45, 2.75) is 19.8 Å². The van der Waals surface area contributed by atoms with Crippen LogP contribution in [0.1, 0.15) is 19.8 Å². The predicted octanol–water partition coefficient (Wildman–Crippen LogP) is 4.90. The van der Waals surface area contributed by atoms with Gasteiger partial charge in [-0.1, -0.05) is 24.6 Å². The third-order valence-corrected chi connectivity index (χ3v) is 6.19. The summed E-state index contributed by atoms with van der Waals surface area (Å²) >= 11 is 7.89. The summed E-state index contributed by atoms with van der Waals surface area (Å²) in [5, 5.41) is 12.7. The van der Waals surface area contributed by atoms with E-state index in [1.54, 1.807) is 11.3 Å². The minimum absolute atomic E-state index is 0.686. The van der Waals surface area contributed by atoms with Gasteiger partial charge in [0.05, 0.1) is 10.4 Å². The maximum absolute atomic E-state index is 6.22. The molecule has 1 aromatic carbocycles. The third-order valence-electron chi connectivity index (χ3n) is 5.09. The summed E-state index contributed by atoms with van der Waals surface area (Å²) in [6, 6.07) is 9.89. The van der Waals surface area contributed by atoms with E-state index in [1.165, 1.54) is 12.8 Å². The zero-order valence-corrected chi connectivity index (χ0v) is 16.0. The number of thiophene rings is 1. The molecule has 1 aliphatic heterocycles. The lowest BCUT2D eigenvalue weighted by Crippen LogP contribution is -2.34. The Morgan fingerprint density at radius 3 is 2.77 bits per heavy atom. The van der Waals surface area contributed by atoms with Crippen LogP contribution in [0.3, 0.4) is 0 Å². The van der Waals surface area contributed by atoms with E-state index in [1.807, 2.05) is 24.3 Å². The summed E-state index contributed by atoms with van der Waals surface area (Å²) < 4.78 is 2.11. The Morgan fingerprint density at radius 1 is 1.15 bits per heavy atom. The minimum atomic E-state index is 0.686. The van der Waals surface area contributed by atoms with Gasteiger partial charge < -0.3 is 4.90 Å². The number of anilines is 1. The van der Waals surface area contributed by atoms with Crippen molar-refractivity contribution < 1.29 is 0 Å². The molecule has 0 aliphatic carbocycles. The van der Waals surface area contributed by atoms with E-state index in [0.717, 1.165) is 52.2 Å². The highest BCUT2D eigenvalue weighted by molar-refractivity contribution is 7.13.